The van der Waals surface area contributed by atoms with E-state index < -0.39 is 5.92 Å². The van der Waals surface area contributed by atoms with Crippen LogP contribution >= 0.6 is 22.7 Å². The van der Waals surface area contributed by atoms with Gasteiger partial charge in [0.15, 0.2) is 10.9 Å². The second-order valence-electron chi connectivity index (χ2n) is 7.13. The normalized spacial score (nSPS) is 16.6. The van der Waals surface area contributed by atoms with E-state index in [9.17, 15) is 14.4 Å². The predicted molar refractivity (Wildman–Crippen MR) is 116 cm³/mol. The SMILES string of the molecule is C[C@@H](NC(=O)[C@H]1CC(=O)c2sc(NC(=O)Cc3ccccc3)nc2C1)c1nccs1. The Bertz CT molecular complexity index is 1060. The molecular formula is C21H20N4O3S2. The second kappa shape index (κ2) is 8.85. The molecular weight excluding hydrogens is 420 g/mol. The van der Waals surface area contributed by atoms with Crippen molar-refractivity contribution >= 4 is 45.4 Å². The van der Waals surface area contributed by atoms with Crippen LogP contribution in [0, 0.1) is 5.92 Å². The number of nitrogens with one attached hydrogen (secondary N) is 2. The Labute approximate surface area is 181 Å². The van der Waals surface area contributed by atoms with E-state index in [1.54, 1.807) is 6.20 Å². The van der Waals surface area contributed by atoms with E-state index in [0.29, 0.717) is 22.1 Å². The molecule has 0 radical (unpaired) electrons. The number of nitrogens with zero attached hydrogens (tertiary/aromatic N) is 2. The molecule has 1 aromatic carbocycles. The van der Waals surface area contributed by atoms with Gasteiger partial charge in [-0.05, 0) is 12.5 Å². The van der Waals surface area contributed by atoms with Gasteiger partial charge in [0.05, 0.1) is 29.0 Å². The van der Waals surface area contributed by atoms with E-state index in [1.807, 2.05) is 42.6 Å². The molecule has 7 nitrogen and oxygen atoms in total. The highest BCUT2D eigenvalue weighted by atomic mass is 32.1. The average molecular weight is 441 g/mol. The van der Waals surface area contributed by atoms with E-state index in [2.05, 4.69) is 20.6 Å². The van der Waals surface area contributed by atoms with Gasteiger partial charge in [0.1, 0.15) is 5.01 Å². The summed E-state index contributed by atoms with van der Waals surface area (Å²) < 4.78 is 0. The number of aromatic nitrogens is 2. The number of rotatable bonds is 6. The molecule has 0 saturated heterocycles. The zero-order chi connectivity index (χ0) is 21.1. The Morgan fingerprint density at radius 3 is 2.77 bits per heavy atom. The third kappa shape index (κ3) is 4.63. The molecule has 154 valence electrons. The van der Waals surface area contributed by atoms with Gasteiger partial charge < -0.3 is 10.6 Å². The molecule has 1 aliphatic carbocycles. The second-order valence-corrected chi connectivity index (χ2v) is 9.06. The minimum absolute atomic E-state index is 0.112. The number of amides is 2. The smallest absolute Gasteiger partial charge is 0.230 e. The van der Waals surface area contributed by atoms with Crippen LogP contribution in [-0.4, -0.2) is 27.6 Å². The largest absolute Gasteiger partial charge is 0.347 e. The maximum atomic E-state index is 12.7. The van der Waals surface area contributed by atoms with E-state index >= 15 is 0 Å². The van der Waals surface area contributed by atoms with Crippen molar-refractivity contribution < 1.29 is 14.4 Å². The highest BCUT2D eigenvalue weighted by molar-refractivity contribution is 7.17. The molecule has 0 fully saturated rings. The summed E-state index contributed by atoms with van der Waals surface area (Å²) in [6.07, 6.45) is 2.45. The lowest BCUT2D eigenvalue weighted by Gasteiger charge is -2.21. The molecule has 30 heavy (non-hydrogen) atoms. The number of thiazole rings is 2. The zero-order valence-electron chi connectivity index (χ0n) is 16.3. The van der Waals surface area contributed by atoms with Crippen molar-refractivity contribution in [2.24, 2.45) is 5.92 Å². The summed E-state index contributed by atoms with van der Waals surface area (Å²) in [5.74, 6) is -0.951. The van der Waals surface area contributed by atoms with Crippen LogP contribution in [-0.2, 0) is 22.4 Å². The standard InChI is InChI=1S/C21H20N4O3S2/c1-12(20-22-7-8-29-20)23-19(28)14-10-15-18(16(26)11-14)30-21(24-15)25-17(27)9-13-5-3-2-4-6-13/h2-8,12,14H,9-11H2,1H3,(H,23,28)(H,24,25,27)/t12-,14-/m1/s1. The topological polar surface area (TPSA) is 101 Å². The van der Waals surface area contributed by atoms with Crippen LogP contribution in [0.3, 0.4) is 0 Å². The van der Waals surface area contributed by atoms with Gasteiger partial charge in [-0.15, -0.1) is 11.3 Å². The molecule has 1 aliphatic rings. The van der Waals surface area contributed by atoms with Crippen LogP contribution in [0.25, 0.3) is 0 Å². The van der Waals surface area contributed by atoms with Gasteiger partial charge in [-0.2, -0.15) is 0 Å². The molecule has 4 rings (SSSR count). The first-order chi connectivity index (χ1) is 14.5. The van der Waals surface area contributed by atoms with E-state index in [0.717, 1.165) is 10.6 Å². The molecule has 2 atom stereocenters. The number of Topliss-reactive ketones (excluding diaryl/α,β-unsaturated/α-hetero) is 1. The molecule has 0 spiro atoms. The average Bonchev–Trinajstić information content (AvgIpc) is 3.38. The van der Waals surface area contributed by atoms with Gasteiger partial charge in [0.25, 0.3) is 0 Å². The van der Waals surface area contributed by atoms with Crippen molar-refractivity contribution in [3.8, 4) is 0 Å². The molecule has 0 aliphatic heterocycles. The molecule has 2 N–H and O–H groups in total. The summed E-state index contributed by atoms with van der Waals surface area (Å²) in [5.41, 5.74) is 1.48. The van der Waals surface area contributed by atoms with Gasteiger partial charge in [-0.1, -0.05) is 41.7 Å². The van der Waals surface area contributed by atoms with Gasteiger partial charge in [0.2, 0.25) is 11.8 Å². The lowest BCUT2D eigenvalue weighted by atomic mass is 9.89. The molecule has 9 heteroatoms. The van der Waals surface area contributed by atoms with Crippen LogP contribution in [0.2, 0.25) is 0 Å². The van der Waals surface area contributed by atoms with Gasteiger partial charge in [-0.3, -0.25) is 14.4 Å². The fourth-order valence-corrected chi connectivity index (χ4v) is 4.96. The van der Waals surface area contributed by atoms with Crippen LogP contribution in [0.4, 0.5) is 5.13 Å². The van der Waals surface area contributed by atoms with Gasteiger partial charge in [-0.25, -0.2) is 9.97 Å². The zero-order valence-corrected chi connectivity index (χ0v) is 17.9. The summed E-state index contributed by atoms with van der Waals surface area (Å²) in [6.45, 7) is 1.87. The van der Waals surface area contributed by atoms with Crippen molar-refractivity contribution in [3.63, 3.8) is 0 Å². The number of fused-ring (bicyclic) bond motifs is 1. The number of hydrogen-bond donors (Lipinski definition) is 2. The maximum Gasteiger partial charge on any atom is 0.230 e. The fraction of sp³-hybridized carbons (Fsp3) is 0.286. The van der Waals surface area contributed by atoms with Crippen LogP contribution < -0.4 is 10.6 Å². The van der Waals surface area contributed by atoms with Crippen molar-refractivity contribution in [3.05, 3.63) is 63.1 Å². The number of anilines is 1. The Morgan fingerprint density at radius 2 is 2.03 bits per heavy atom. The highest BCUT2D eigenvalue weighted by Crippen LogP contribution is 2.32. The molecule has 2 amide bonds. The lowest BCUT2D eigenvalue weighted by molar-refractivity contribution is -0.125. The summed E-state index contributed by atoms with van der Waals surface area (Å²) in [4.78, 5) is 46.7. The van der Waals surface area contributed by atoms with Crippen molar-refractivity contribution in [2.45, 2.75) is 32.2 Å². The van der Waals surface area contributed by atoms with E-state index in [-0.39, 0.29) is 36.5 Å². The minimum Gasteiger partial charge on any atom is -0.347 e. The minimum atomic E-state index is -0.470. The number of carbonyl (C=O) groups excluding carboxylic acids is 3. The fourth-order valence-electron chi connectivity index (χ4n) is 3.35. The number of ketones is 1. The predicted octanol–water partition coefficient (Wildman–Crippen LogP) is 3.40. The summed E-state index contributed by atoms with van der Waals surface area (Å²) in [6, 6.07) is 9.20. The first-order valence-electron chi connectivity index (χ1n) is 9.56. The Balaban J connectivity index is 1.40. The number of carbonyl (C=O) groups is 3. The summed E-state index contributed by atoms with van der Waals surface area (Å²) in [5, 5.41) is 8.78. The molecule has 0 bridgehead atoms. The lowest BCUT2D eigenvalue weighted by Crippen LogP contribution is -2.36. The molecule has 0 saturated carbocycles. The van der Waals surface area contributed by atoms with Crippen LogP contribution in [0.1, 0.15) is 45.3 Å². The first kappa shape index (κ1) is 20.4. The Morgan fingerprint density at radius 1 is 1.23 bits per heavy atom. The quantitative estimate of drug-likeness (QED) is 0.612. The third-order valence-corrected chi connectivity index (χ3v) is 6.84. The molecule has 2 heterocycles. The van der Waals surface area contributed by atoms with E-state index in [4.69, 9.17) is 0 Å². The Hall–Kier alpha value is -2.91. The molecule has 2 aromatic heterocycles. The van der Waals surface area contributed by atoms with E-state index in [1.165, 1.54) is 22.7 Å². The van der Waals surface area contributed by atoms with Crippen molar-refractivity contribution in [1.29, 1.82) is 0 Å². The maximum absolute atomic E-state index is 12.7. The summed E-state index contributed by atoms with van der Waals surface area (Å²) >= 11 is 2.65. The summed E-state index contributed by atoms with van der Waals surface area (Å²) in [7, 11) is 0. The third-order valence-electron chi connectivity index (χ3n) is 4.83. The van der Waals surface area contributed by atoms with Gasteiger partial charge >= 0.3 is 0 Å². The van der Waals surface area contributed by atoms with Crippen LogP contribution in [0.5, 0.6) is 0 Å². The number of benzene rings is 1. The van der Waals surface area contributed by atoms with Gasteiger partial charge in [0, 0.05) is 24.4 Å². The monoisotopic (exact) mass is 440 g/mol. The van der Waals surface area contributed by atoms with Crippen LogP contribution in [0.15, 0.2) is 41.9 Å². The van der Waals surface area contributed by atoms with Crippen molar-refractivity contribution in [1.82, 2.24) is 15.3 Å². The molecule has 0 unspecified atom stereocenters. The highest BCUT2D eigenvalue weighted by Gasteiger charge is 2.33. The molecule has 3 aromatic rings. The first-order valence-corrected chi connectivity index (χ1v) is 11.3. The van der Waals surface area contributed by atoms with Crippen molar-refractivity contribution in [2.75, 3.05) is 5.32 Å². The number of hydrogen-bond acceptors (Lipinski definition) is 7. The Kier molecular flexibility index (Phi) is 6.01.